The Morgan fingerprint density at radius 3 is 2.46 bits per heavy atom. The Morgan fingerprint density at radius 1 is 1.19 bits per heavy atom. The fraction of sp³-hybridized carbons (Fsp3) is 0.650. The van der Waals surface area contributed by atoms with E-state index in [1.807, 2.05) is 12.1 Å². The van der Waals surface area contributed by atoms with Gasteiger partial charge in [0.2, 0.25) is 0 Å². The molecule has 1 aromatic carbocycles. The predicted molar refractivity (Wildman–Crippen MR) is 105 cm³/mol. The molecule has 6 heteroatoms. The van der Waals surface area contributed by atoms with Crippen molar-refractivity contribution in [1.29, 1.82) is 0 Å². The first-order valence-electron chi connectivity index (χ1n) is 9.34. The van der Waals surface area contributed by atoms with Gasteiger partial charge in [0.15, 0.2) is 5.96 Å². The summed E-state index contributed by atoms with van der Waals surface area (Å²) in [5.74, 6) is 2.17. The number of hydrogen-bond acceptors (Lipinski definition) is 4. The molecule has 1 aliphatic rings. The molecule has 1 atom stereocenters. The molecule has 146 valence electrons. The first kappa shape index (κ1) is 20.5. The van der Waals surface area contributed by atoms with Crippen LogP contribution in [0, 0.1) is 0 Å². The van der Waals surface area contributed by atoms with Crippen LogP contribution < -0.4 is 15.4 Å². The van der Waals surface area contributed by atoms with Crippen LogP contribution in [-0.4, -0.2) is 59.1 Å². The zero-order valence-electron chi connectivity index (χ0n) is 16.5. The SMILES string of the molecule is CN=C(NCCC(C)c1ccc(OC)cc1)NCC1(OC)CCOCC1. The summed E-state index contributed by atoms with van der Waals surface area (Å²) in [5, 5.41) is 6.80. The molecule has 0 amide bonds. The van der Waals surface area contributed by atoms with Crippen molar-refractivity contribution in [3.05, 3.63) is 29.8 Å². The summed E-state index contributed by atoms with van der Waals surface area (Å²) in [6, 6.07) is 8.28. The van der Waals surface area contributed by atoms with E-state index in [1.54, 1.807) is 21.3 Å². The highest BCUT2D eigenvalue weighted by atomic mass is 16.5. The molecule has 2 rings (SSSR count). The third-order valence-corrected chi connectivity index (χ3v) is 5.19. The van der Waals surface area contributed by atoms with Gasteiger partial charge in [0, 0.05) is 53.3 Å². The van der Waals surface area contributed by atoms with Crippen molar-refractivity contribution in [2.45, 2.75) is 37.7 Å². The molecular formula is C20H33N3O3. The highest BCUT2D eigenvalue weighted by molar-refractivity contribution is 5.79. The number of methoxy groups -OCH3 is 2. The number of hydrogen-bond donors (Lipinski definition) is 2. The Balaban J connectivity index is 1.75. The summed E-state index contributed by atoms with van der Waals surface area (Å²) in [5.41, 5.74) is 1.16. The van der Waals surface area contributed by atoms with E-state index in [9.17, 15) is 0 Å². The molecule has 0 aromatic heterocycles. The van der Waals surface area contributed by atoms with E-state index in [0.29, 0.717) is 5.92 Å². The summed E-state index contributed by atoms with van der Waals surface area (Å²) in [4.78, 5) is 4.32. The molecule has 2 N–H and O–H groups in total. The molecule has 0 bridgehead atoms. The Hall–Kier alpha value is -1.79. The quantitative estimate of drug-likeness (QED) is 0.549. The minimum atomic E-state index is -0.160. The van der Waals surface area contributed by atoms with Crippen molar-refractivity contribution in [3.63, 3.8) is 0 Å². The summed E-state index contributed by atoms with van der Waals surface area (Å²) >= 11 is 0. The van der Waals surface area contributed by atoms with Crippen molar-refractivity contribution >= 4 is 5.96 Å². The first-order chi connectivity index (χ1) is 12.6. The summed E-state index contributed by atoms with van der Waals surface area (Å²) in [6.45, 7) is 5.33. The maximum Gasteiger partial charge on any atom is 0.191 e. The maximum absolute atomic E-state index is 5.76. The molecule has 6 nitrogen and oxygen atoms in total. The number of ether oxygens (including phenoxy) is 3. The second-order valence-electron chi connectivity index (χ2n) is 6.81. The van der Waals surface area contributed by atoms with Crippen molar-refractivity contribution < 1.29 is 14.2 Å². The maximum atomic E-state index is 5.76. The highest BCUT2D eigenvalue weighted by Gasteiger charge is 2.32. The van der Waals surface area contributed by atoms with Gasteiger partial charge in [-0.2, -0.15) is 0 Å². The Kier molecular flexibility index (Phi) is 8.19. The van der Waals surface area contributed by atoms with Gasteiger partial charge >= 0.3 is 0 Å². The average molecular weight is 364 g/mol. The first-order valence-corrected chi connectivity index (χ1v) is 9.34. The molecule has 1 heterocycles. The smallest absolute Gasteiger partial charge is 0.191 e. The summed E-state index contributed by atoms with van der Waals surface area (Å²) in [7, 11) is 5.26. The van der Waals surface area contributed by atoms with Gasteiger partial charge in [-0.3, -0.25) is 4.99 Å². The van der Waals surface area contributed by atoms with Gasteiger partial charge in [0.1, 0.15) is 5.75 Å². The number of guanidine groups is 1. The van der Waals surface area contributed by atoms with Crippen LogP contribution in [0.25, 0.3) is 0 Å². The van der Waals surface area contributed by atoms with Crippen molar-refractivity contribution in [1.82, 2.24) is 10.6 Å². The van der Waals surface area contributed by atoms with Gasteiger partial charge in [-0.1, -0.05) is 19.1 Å². The lowest BCUT2D eigenvalue weighted by Gasteiger charge is -2.36. The number of rotatable bonds is 8. The number of aliphatic imine (C=N–C) groups is 1. The van der Waals surface area contributed by atoms with Crippen molar-refractivity contribution in [3.8, 4) is 5.75 Å². The Bertz CT molecular complexity index is 554. The largest absolute Gasteiger partial charge is 0.497 e. The van der Waals surface area contributed by atoms with Gasteiger partial charge in [-0.15, -0.1) is 0 Å². The van der Waals surface area contributed by atoms with E-state index in [0.717, 1.165) is 57.3 Å². The molecular weight excluding hydrogens is 330 g/mol. The fourth-order valence-corrected chi connectivity index (χ4v) is 3.17. The minimum absolute atomic E-state index is 0.160. The van der Waals surface area contributed by atoms with Gasteiger partial charge in [0.25, 0.3) is 0 Å². The fourth-order valence-electron chi connectivity index (χ4n) is 3.17. The van der Waals surface area contributed by atoms with Crippen LogP contribution in [0.3, 0.4) is 0 Å². The Labute approximate surface area is 157 Å². The summed E-state index contributed by atoms with van der Waals surface area (Å²) in [6.07, 6.45) is 2.83. The van der Waals surface area contributed by atoms with Crippen LogP contribution in [0.4, 0.5) is 0 Å². The zero-order chi connectivity index (χ0) is 18.8. The second kappa shape index (κ2) is 10.4. The molecule has 1 unspecified atom stereocenters. The van der Waals surface area contributed by atoms with Gasteiger partial charge < -0.3 is 24.8 Å². The molecule has 0 radical (unpaired) electrons. The van der Waals surface area contributed by atoms with E-state index in [2.05, 4.69) is 34.7 Å². The van der Waals surface area contributed by atoms with Gasteiger partial charge in [0.05, 0.1) is 12.7 Å². The minimum Gasteiger partial charge on any atom is -0.497 e. The number of nitrogens with one attached hydrogen (secondary N) is 2. The lowest BCUT2D eigenvalue weighted by atomic mass is 9.94. The van der Waals surface area contributed by atoms with Crippen LogP contribution in [-0.2, 0) is 9.47 Å². The van der Waals surface area contributed by atoms with Crippen molar-refractivity contribution in [2.24, 2.45) is 4.99 Å². The van der Waals surface area contributed by atoms with E-state index >= 15 is 0 Å². The van der Waals surface area contributed by atoms with Crippen molar-refractivity contribution in [2.75, 3.05) is 47.6 Å². The third kappa shape index (κ3) is 5.88. The molecule has 26 heavy (non-hydrogen) atoms. The van der Waals surface area contributed by atoms with E-state index < -0.39 is 0 Å². The number of benzene rings is 1. The topological polar surface area (TPSA) is 64.1 Å². The molecule has 1 aromatic rings. The highest BCUT2D eigenvalue weighted by Crippen LogP contribution is 2.23. The zero-order valence-corrected chi connectivity index (χ0v) is 16.5. The molecule has 1 aliphatic heterocycles. The monoisotopic (exact) mass is 363 g/mol. The standard InChI is InChI=1S/C20H33N3O3/c1-16(17-5-7-18(24-3)8-6-17)9-12-22-19(21-2)23-15-20(25-4)10-13-26-14-11-20/h5-8,16H,9-15H2,1-4H3,(H2,21,22,23). The van der Waals surface area contributed by atoms with Crippen LogP contribution in [0.15, 0.2) is 29.3 Å². The molecule has 0 aliphatic carbocycles. The lowest BCUT2D eigenvalue weighted by Crippen LogP contribution is -2.50. The molecule has 0 saturated carbocycles. The predicted octanol–water partition coefficient (Wildman–Crippen LogP) is 2.55. The van der Waals surface area contributed by atoms with Crippen LogP contribution >= 0.6 is 0 Å². The third-order valence-electron chi connectivity index (χ3n) is 5.19. The molecule has 0 spiro atoms. The van der Waals surface area contributed by atoms with Gasteiger partial charge in [-0.25, -0.2) is 0 Å². The molecule has 1 fully saturated rings. The lowest BCUT2D eigenvalue weighted by molar-refractivity contribution is -0.0855. The van der Waals surface area contributed by atoms with E-state index in [1.165, 1.54) is 5.56 Å². The van der Waals surface area contributed by atoms with E-state index in [-0.39, 0.29) is 5.60 Å². The second-order valence-corrected chi connectivity index (χ2v) is 6.81. The van der Waals surface area contributed by atoms with Crippen LogP contribution in [0.2, 0.25) is 0 Å². The summed E-state index contributed by atoms with van der Waals surface area (Å²) < 4.78 is 16.4. The Morgan fingerprint density at radius 2 is 1.88 bits per heavy atom. The van der Waals surface area contributed by atoms with Gasteiger partial charge in [-0.05, 0) is 30.0 Å². The normalized spacial score (nSPS) is 18.2. The van der Waals surface area contributed by atoms with Crippen LogP contribution in [0.1, 0.15) is 37.7 Å². The average Bonchev–Trinajstić information content (AvgIpc) is 2.71. The molecule has 1 saturated heterocycles. The van der Waals surface area contributed by atoms with E-state index in [4.69, 9.17) is 14.2 Å². The number of nitrogens with zero attached hydrogens (tertiary/aromatic N) is 1. The van der Waals surface area contributed by atoms with Crippen LogP contribution in [0.5, 0.6) is 5.75 Å².